The van der Waals surface area contributed by atoms with Gasteiger partial charge in [0, 0.05) is 17.5 Å². The lowest BCUT2D eigenvalue weighted by Crippen LogP contribution is -2.13. The number of nitrogens with two attached hydrogens (primary N) is 1. The number of ether oxygens (including phenoxy) is 1. The Morgan fingerprint density at radius 1 is 1.35 bits per heavy atom. The van der Waals surface area contributed by atoms with Gasteiger partial charge < -0.3 is 10.5 Å². The van der Waals surface area contributed by atoms with Gasteiger partial charge in [-0.3, -0.25) is 0 Å². The van der Waals surface area contributed by atoms with E-state index in [4.69, 9.17) is 15.7 Å². The average molecular weight is 360 g/mol. The number of nitriles is 1. The first-order chi connectivity index (χ1) is 8.06. The monoisotopic (exact) mass is 358 g/mol. The second-order valence-electron chi connectivity index (χ2n) is 4.44. The van der Waals surface area contributed by atoms with E-state index in [0.717, 1.165) is 27.5 Å². The maximum absolute atomic E-state index is 8.74. The summed E-state index contributed by atoms with van der Waals surface area (Å²) in [6.45, 7) is 0.585. The lowest BCUT2D eigenvalue weighted by molar-refractivity contribution is 0.234. The maximum Gasteiger partial charge on any atom is 0.147 e. The van der Waals surface area contributed by atoms with Crippen molar-refractivity contribution in [1.82, 2.24) is 0 Å². The summed E-state index contributed by atoms with van der Waals surface area (Å²) in [4.78, 5) is 0. The molecule has 0 atom stereocenters. The van der Waals surface area contributed by atoms with Crippen molar-refractivity contribution in [1.29, 1.82) is 5.26 Å². The topological polar surface area (TPSA) is 59.0 Å². The average Bonchev–Trinajstić information content (AvgIpc) is 2.97. The fourth-order valence-electron chi connectivity index (χ4n) is 1.66. The third-order valence-electron chi connectivity index (χ3n) is 2.95. The van der Waals surface area contributed by atoms with Crippen LogP contribution in [0, 0.1) is 16.7 Å². The number of hydrogen-bond donors (Lipinski definition) is 1. The van der Waals surface area contributed by atoms with Gasteiger partial charge in [-0.25, -0.2) is 0 Å². The fourth-order valence-corrected chi connectivity index (χ4v) is 3.11. The molecule has 3 nitrogen and oxygen atoms in total. The summed E-state index contributed by atoms with van der Waals surface area (Å²) < 4.78 is 7.46. The smallest absolute Gasteiger partial charge is 0.147 e. The predicted octanol–water partition coefficient (Wildman–Crippen LogP) is 3.87. The molecule has 0 radical (unpaired) electrons. The molecule has 1 fully saturated rings. The molecular weight excluding hydrogens is 348 g/mol. The third-order valence-corrected chi connectivity index (χ3v) is 4.13. The molecule has 1 aromatic rings. The Morgan fingerprint density at radius 3 is 2.41 bits per heavy atom. The van der Waals surface area contributed by atoms with E-state index in [-0.39, 0.29) is 5.41 Å². The number of nitrogen functional groups attached to an aromatic ring is 1. The highest BCUT2D eigenvalue weighted by atomic mass is 79.9. The normalized spacial score (nSPS) is 16.3. The summed E-state index contributed by atoms with van der Waals surface area (Å²) in [5.41, 5.74) is 6.47. The zero-order chi connectivity index (χ0) is 12.5. The third kappa shape index (κ3) is 2.93. The molecule has 0 aliphatic heterocycles. The molecule has 5 heteroatoms. The molecule has 0 spiro atoms. The Balaban J connectivity index is 2.07. The highest BCUT2D eigenvalue weighted by Gasteiger charge is 2.43. The van der Waals surface area contributed by atoms with Crippen LogP contribution in [-0.4, -0.2) is 6.61 Å². The number of halogens is 2. The summed E-state index contributed by atoms with van der Waals surface area (Å²) in [6.07, 6.45) is 2.72. The molecule has 2 N–H and O–H groups in total. The van der Waals surface area contributed by atoms with Crippen molar-refractivity contribution >= 4 is 37.5 Å². The number of rotatable bonds is 4. The van der Waals surface area contributed by atoms with Crippen molar-refractivity contribution in [3.8, 4) is 11.8 Å². The van der Waals surface area contributed by atoms with Crippen molar-refractivity contribution in [2.75, 3.05) is 12.3 Å². The Bertz CT molecular complexity index is 455. The first kappa shape index (κ1) is 12.7. The Labute approximate surface area is 117 Å². The molecular formula is C12H12Br2N2O. The molecule has 2 rings (SSSR count). The van der Waals surface area contributed by atoms with Crippen molar-refractivity contribution in [2.24, 2.45) is 5.41 Å². The van der Waals surface area contributed by atoms with E-state index in [1.165, 1.54) is 0 Å². The zero-order valence-electron chi connectivity index (χ0n) is 9.17. The van der Waals surface area contributed by atoms with Gasteiger partial charge in [0.1, 0.15) is 5.75 Å². The number of nitrogens with zero attached hydrogens (tertiary/aromatic N) is 1. The summed E-state index contributed by atoms with van der Waals surface area (Å²) >= 11 is 6.85. The minimum absolute atomic E-state index is 0.0784. The summed E-state index contributed by atoms with van der Waals surface area (Å²) in [5, 5.41) is 8.74. The van der Waals surface area contributed by atoms with Crippen LogP contribution in [0.4, 0.5) is 5.69 Å². The van der Waals surface area contributed by atoms with Crippen molar-refractivity contribution in [3.05, 3.63) is 21.1 Å². The van der Waals surface area contributed by atoms with Crippen LogP contribution in [0.5, 0.6) is 5.75 Å². The van der Waals surface area contributed by atoms with Crippen LogP contribution in [0.2, 0.25) is 0 Å². The lowest BCUT2D eigenvalue weighted by atomic mass is 10.1. The first-order valence-corrected chi connectivity index (χ1v) is 6.89. The van der Waals surface area contributed by atoms with E-state index < -0.39 is 0 Å². The van der Waals surface area contributed by atoms with Gasteiger partial charge in [0.2, 0.25) is 0 Å². The van der Waals surface area contributed by atoms with Gasteiger partial charge in [0.15, 0.2) is 0 Å². The van der Waals surface area contributed by atoms with Crippen LogP contribution in [0.1, 0.15) is 19.3 Å². The molecule has 1 aromatic carbocycles. The van der Waals surface area contributed by atoms with Crippen molar-refractivity contribution in [2.45, 2.75) is 19.3 Å². The molecule has 0 amide bonds. The summed E-state index contributed by atoms with van der Waals surface area (Å²) in [6, 6.07) is 5.84. The molecule has 0 aromatic heterocycles. The van der Waals surface area contributed by atoms with Gasteiger partial charge in [-0.1, -0.05) is 0 Å². The summed E-state index contributed by atoms with van der Waals surface area (Å²) in [5.74, 6) is 0.753. The molecule has 17 heavy (non-hydrogen) atoms. The second-order valence-corrected chi connectivity index (χ2v) is 6.15. The van der Waals surface area contributed by atoms with Crippen LogP contribution in [0.3, 0.4) is 0 Å². The van der Waals surface area contributed by atoms with Crippen LogP contribution < -0.4 is 10.5 Å². The van der Waals surface area contributed by atoms with E-state index in [1.54, 1.807) is 0 Å². The molecule has 90 valence electrons. The number of benzene rings is 1. The lowest BCUT2D eigenvalue weighted by Gasteiger charge is -2.15. The minimum Gasteiger partial charge on any atom is -0.491 e. The molecule has 1 aliphatic rings. The molecule has 0 unspecified atom stereocenters. The van der Waals surface area contributed by atoms with E-state index in [2.05, 4.69) is 37.9 Å². The van der Waals surface area contributed by atoms with Gasteiger partial charge in [-0.2, -0.15) is 5.26 Å². The van der Waals surface area contributed by atoms with E-state index in [1.807, 2.05) is 12.1 Å². The largest absolute Gasteiger partial charge is 0.491 e. The van der Waals surface area contributed by atoms with Crippen LogP contribution in [0.15, 0.2) is 21.1 Å². The molecule has 0 heterocycles. The molecule has 0 saturated heterocycles. The van der Waals surface area contributed by atoms with Crippen molar-refractivity contribution in [3.63, 3.8) is 0 Å². The second kappa shape index (κ2) is 4.87. The van der Waals surface area contributed by atoms with Crippen LogP contribution in [-0.2, 0) is 0 Å². The van der Waals surface area contributed by atoms with E-state index in [0.29, 0.717) is 18.7 Å². The van der Waals surface area contributed by atoms with E-state index in [9.17, 15) is 0 Å². The first-order valence-electron chi connectivity index (χ1n) is 5.31. The highest BCUT2D eigenvalue weighted by Crippen LogP contribution is 2.49. The SMILES string of the molecule is N#CCC1(COc2c(Br)cc(N)cc2Br)CC1. The van der Waals surface area contributed by atoms with Gasteiger partial charge in [-0.15, -0.1) is 0 Å². The number of anilines is 1. The molecule has 1 aliphatic carbocycles. The van der Waals surface area contributed by atoms with Crippen LogP contribution >= 0.6 is 31.9 Å². The van der Waals surface area contributed by atoms with Gasteiger partial charge in [-0.05, 0) is 56.8 Å². The van der Waals surface area contributed by atoms with Gasteiger partial charge >= 0.3 is 0 Å². The standard InChI is InChI=1S/C12H12Br2N2O/c13-9-5-8(16)6-10(14)11(9)17-7-12(1-2-12)3-4-15/h5-6H,1-3,7,16H2. The zero-order valence-corrected chi connectivity index (χ0v) is 12.3. The van der Waals surface area contributed by atoms with E-state index >= 15 is 0 Å². The quantitative estimate of drug-likeness (QED) is 0.830. The summed E-state index contributed by atoms with van der Waals surface area (Å²) in [7, 11) is 0. The van der Waals surface area contributed by atoms with Crippen molar-refractivity contribution < 1.29 is 4.74 Å². The Kier molecular flexibility index (Phi) is 3.64. The minimum atomic E-state index is 0.0784. The highest BCUT2D eigenvalue weighted by molar-refractivity contribution is 9.11. The molecule has 0 bridgehead atoms. The van der Waals surface area contributed by atoms with Gasteiger partial charge in [0.25, 0.3) is 0 Å². The van der Waals surface area contributed by atoms with Crippen LogP contribution in [0.25, 0.3) is 0 Å². The maximum atomic E-state index is 8.74. The fraction of sp³-hybridized carbons (Fsp3) is 0.417. The number of hydrogen-bond acceptors (Lipinski definition) is 3. The Hall–Kier alpha value is -0.730. The predicted molar refractivity (Wildman–Crippen MR) is 73.6 cm³/mol. The van der Waals surface area contributed by atoms with Gasteiger partial charge in [0.05, 0.1) is 21.6 Å². The Morgan fingerprint density at radius 2 is 1.94 bits per heavy atom. The molecule has 1 saturated carbocycles.